The molecule has 30 heavy (non-hydrogen) atoms. The monoisotopic (exact) mass is 431 g/mol. The Labute approximate surface area is 175 Å². The molecule has 1 aliphatic heterocycles. The molecule has 1 unspecified atom stereocenters. The molecule has 1 aromatic heterocycles. The van der Waals surface area contributed by atoms with E-state index in [4.69, 9.17) is 21.9 Å². The summed E-state index contributed by atoms with van der Waals surface area (Å²) >= 11 is 1.14. The lowest BCUT2D eigenvalue weighted by atomic mass is 10.1. The summed E-state index contributed by atoms with van der Waals surface area (Å²) in [7, 11) is 0. The quantitative estimate of drug-likeness (QED) is 0.527. The van der Waals surface area contributed by atoms with Crippen molar-refractivity contribution >= 4 is 40.3 Å². The first-order valence-corrected chi connectivity index (χ1v) is 9.92. The Kier molecular flexibility index (Phi) is 6.21. The van der Waals surface area contributed by atoms with Crippen LogP contribution in [0.25, 0.3) is 10.4 Å². The number of piperidine rings is 1. The van der Waals surface area contributed by atoms with Gasteiger partial charge >= 0.3 is 18.0 Å². The molecule has 1 aromatic carbocycles. The number of primary amides is 3. The molecule has 0 radical (unpaired) electrons. The van der Waals surface area contributed by atoms with Crippen LogP contribution in [0.5, 0.6) is 0 Å². The van der Waals surface area contributed by atoms with Gasteiger partial charge in [-0.3, -0.25) is 10.1 Å². The number of hydrogen-bond acceptors (Lipinski definition) is 6. The van der Waals surface area contributed by atoms with E-state index in [9.17, 15) is 19.2 Å². The summed E-state index contributed by atoms with van der Waals surface area (Å²) in [4.78, 5) is 48.8. The van der Waals surface area contributed by atoms with E-state index in [1.807, 2.05) is 0 Å². The molecule has 2 heterocycles. The van der Waals surface area contributed by atoms with Crippen molar-refractivity contribution in [3.05, 3.63) is 41.5 Å². The topological polar surface area (TPSA) is 171 Å². The second kappa shape index (κ2) is 8.82. The first-order chi connectivity index (χ1) is 14.2. The number of carbonyl (C=O) groups excluding carboxylic acids is 4. The summed E-state index contributed by atoms with van der Waals surface area (Å²) in [5, 5.41) is 2.68. The van der Waals surface area contributed by atoms with Gasteiger partial charge in [0.25, 0.3) is 0 Å². The SMILES string of the molecule is NC(=O)Nc1sc(-c2ccc(C(N)=O)cc2)cc1C(=O)OC1CCCN(C(N)=O)C1. The molecular formula is C19H21N5O5S. The second-order valence-electron chi connectivity index (χ2n) is 6.74. The number of carbonyl (C=O) groups is 4. The predicted octanol–water partition coefficient (Wildman–Crippen LogP) is 1.70. The van der Waals surface area contributed by atoms with Crippen LogP contribution >= 0.6 is 11.3 Å². The Balaban J connectivity index is 1.83. The maximum Gasteiger partial charge on any atom is 0.341 e. The number of ether oxygens (including phenoxy) is 1. The van der Waals surface area contributed by atoms with Gasteiger partial charge in [0.2, 0.25) is 5.91 Å². The Morgan fingerprint density at radius 3 is 2.40 bits per heavy atom. The van der Waals surface area contributed by atoms with Crippen LogP contribution in [0, 0.1) is 0 Å². The van der Waals surface area contributed by atoms with Crippen molar-refractivity contribution in [2.24, 2.45) is 17.2 Å². The van der Waals surface area contributed by atoms with Crippen LogP contribution in [0.3, 0.4) is 0 Å². The Bertz CT molecular complexity index is 988. The number of esters is 1. The summed E-state index contributed by atoms with van der Waals surface area (Å²) in [6, 6.07) is 6.69. The van der Waals surface area contributed by atoms with Crippen molar-refractivity contribution in [3.8, 4) is 10.4 Å². The second-order valence-corrected chi connectivity index (χ2v) is 7.79. The van der Waals surface area contributed by atoms with E-state index >= 15 is 0 Å². The fraction of sp³-hybridized carbons (Fsp3) is 0.263. The number of nitrogens with two attached hydrogens (primary N) is 3. The Morgan fingerprint density at radius 1 is 1.10 bits per heavy atom. The van der Waals surface area contributed by atoms with Gasteiger partial charge in [-0.25, -0.2) is 14.4 Å². The molecule has 0 aliphatic carbocycles. The standard InChI is InChI=1S/C19H21N5O5S/c20-15(25)11-5-3-10(4-6-11)14-8-13(16(30-14)23-18(21)27)17(26)29-12-2-1-7-24(9-12)19(22)28/h3-6,8,12H,1-2,7,9H2,(H2,20,25)(H2,22,28)(H3,21,23,27). The minimum atomic E-state index is -0.820. The van der Waals surface area contributed by atoms with E-state index in [0.717, 1.165) is 11.3 Å². The highest BCUT2D eigenvalue weighted by Crippen LogP contribution is 2.36. The van der Waals surface area contributed by atoms with Crippen molar-refractivity contribution in [1.29, 1.82) is 0 Å². The smallest absolute Gasteiger partial charge is 0.341 e. The molecule has 0 saturated carbocycles. The van der Waals surface area contributed by atoms with Gasteiger partial charge in [-0.1, -0.05) is 12.1 Å². The van der Waals surface area contributed by atoms with E-state index < -0.39 is 30.0 Å². The van der Waals surface area contributed by atoms with Crippen LogP contribution in [0.4, 0.5) is 14.6 Å². The molecule has 0 spiro atoms. The first-order valence-electron chi connectivity index (χ1n) is 9.10. The molecule has 5 amide bonds. The van der Waals surface area contributed by atoms with Gasteiger partial charge in [-0.2, -0.15) is 0 Å². The summed E-state index contributed by atoms with van der Waals surface area (Å²) < 4.78 is 5.54. The minimum absolute atomic E-state index is 0.143. The fourth-order valence-corrected chi connectivity index (χ4v) is 4.19. The number of likely N-dealkylation sites (tertiary alicyclic amines) is 1. The van der Waals surface area contributed by atoms with E-state index in [1.54, 1.807) is 30.3 Å². The number of hydrogen-bond donors (Lipinski definition) is 4. The third-order valence-corrected chi connectivity index (χ3v) is 5.71. The van der Waals surface area contributed by atoms with E-state index in [-0.39, 0.29) is 17.1 Å². The maximum absolute atomic E-state index is 12.8. The number of thiophene rings is 1. The summed E-state index contributed by atoms with van der Waals surface area (Å²) in [5.74, 6) is -1.20. The van der Waals surface area contributed by atoms with E-state index in [1.165, 1.54) is 4.90 Å². The zero-order chi connectivity index (χ0) is 21.8. The van der Waals surface area contributed by atoms with Gasteiger partial charge in [0.15, 0.2) is 0 Å². The van der Waals surface area contributed by atoms with Gasteiger partial charge in [-0.05, 0) is 36.6 Å². The molecule has 1 aliphatic rings. The van der Waals surface area contributed by atoms with Gasteiger partial charge in [-0.15, -0.1) is 11.3 Å². The van der Waals surface area contributed by atoms with E-state index in [2.05, 4.69) is 5.32 Å². The number of urea groups is 2. The highest BCUT2D eigenvalue weighted by Gasteiger charge is 2.27. The largest absolute Gasteiger partial charge is 0.457 e. The third-order valence-electron chi connectivity index (χ3n) is 4.61. The molecule has 1 saturated heterocycles. The van der Waals surface area contributed by atoms with Crippen molar-refractivity contribution in [1.82, 2.24) is 4.90 Å². The van der Waals surface area contributed by atoms with Gasteiger partial charge < -0.3 is 26.8 Å². The zero-order valence-electron chi connectivity index (χ0n) is 15.9. The summed E-state index contributed by atoms with van der Waals surface area (Å²) in [6.45, 7) is 0.729. The van der Waals surface area contributed by atoms with Gasteiger partial charge in [0.1, 0.15) is 11.1 Å². The predicted molar refractivity (Wildman–Crippen MR) is 111 cm³/mol. The molecular weight excluding hydrogens is 410 g/mol. The number of nitrogens with one attached hydrogen (secondary N) is 1. The number of nitrogens with zero attached hydrogens (tertiary/aromatic N) is 1. The van der Waals surface area contributed by atoms with Crippen LogP contribution in [-0.2, 0) is 4.74 Å². The molecule has 0 bridgehead atoms. The van der Waals surface area contributed by atoms with Crippen LogP contribution in [0.15, 0.2) is 30.3 Å². The minimum Gasteiger partial charge on any atom is -0.457 e. The van der Waals surface area contributed by atoms with E-state index in [0.29, 0.717) is 35.4 Å². The molecule has 1 fully saturated rings. The van der Waals surface area contributed by atoms with Crippen LogP contribution in [-0.4, -0.2) is 48.0 Å². The molecule has 10 nitrogen and oxygen atoms in total. The lowest BCUT2D eigenvalue weighted by molar-refractivity contribution is 0.0129. The van der Waals surface area contributed by atoms with Crippen LogP contribution < -0.4 is 22.5 Å². The fourth-order valence-electron chi connectivity index (χ4n) is 3.14. The van der Waals surface area contributed by atoms with Gasteiger partial charge in [0, 0.05) is 17.0 Å². The maximum atomic E-state index is 12.8. The summed E-state index contributed by atoms with van der Waals surface area (Å²) in [5.41, 5.74) is 17.0. The zero-order valence-corrected chi connectivity index (χ0v) is 16.7. The molecule has 3 rings (SSSR count). The molecule has 7 N–H and O–H groups in total. The Morgan fingerprint density at radius 2 is 1.80 bits per heavy atom. The molecule has 1 atom stereocenters. The number of rotatable bonds is 5. The number of benzene rings is 1. The highest BCUT2D eigenvalue weighted by atomic mass is 32.1. The van der Waals surface area contributed by atoms with Crippen molar-refractivity contribution < 1.29 is 23.9 Å². The van der Waals surface area contributed by atoms with Crippen molar-refractivity contribution in [2.75, 3.05) is 18.4 Å². The van der Waals surface area contributed by atoms with Gasteiger partial charge in [0.05, 0.1) is 12.1 Å². The van der Waals surface area contributed by atoms with Crippen molar-refractivity contribution in [3.63, 3.8) is 0 Å². The summed E-state index contributed by atoms with van der Waals surface area (Å²) in [6.07, 6.45) is 0.756. The number of anilines is 1. The highest BCUT2D eigenvalue weighted by molar-refractivity contribution is 7.20. The lowest BCUT2D eigenvalue weighted by Gasteiger charge is -2.31. The number of amides is 5. The van der Waals surface area contributed by atoms with Crippen LogP contribution in [0.1, 0.15) is 33.6 Å². The molecule has 158 valence electrons. The Hall–Kier alpha value is -3.60. The first kappa shape index (κ1) is 21.1. The average Bonchev–Trinajstić information content (AvgIpc) is 3.11. The lowest BCUT2D eigenvalue weighted by Crippen LogP contribution is -2.46. The third kappa shape index (κ3) is 4.87. The molecule has 2 aromatic rings. The van der Waals surface area contributed by atoms with Crippen LogP contribution in [0.2, 0.25) is 0 Å². The average molecular weight is 431 g/mol. The molecule has 11 heteroatoms. The normalized spacial score (nSPS) is 16.0. The van der Waals surface area contributed by atoms with Crippen molar-refractivity contribution in [2.45, 2.75) is 18.9 Å².